The van der Waals surface area contributed by atoms with Crippen LogP contribution >= 0.6 is 0 Å². The fourth-order valence-electron chi connectivity index (χ4n) is 5.24. The Balaban J connectivity index is 1.39. The van der Waals surface area contributed by atoms with E-state index in [2.05, 4.69) is 0 Å². The summed E-state index contributed by atoms with van der Waals surface area (Å²) in [6, 6.07) is 11.3. The van der Waals surface area contributed by atoms with Crippen molar-refractivity contribution in [3.05, 3.63) is 62.8 Å². The van der Waals surface area contributed by atoms with Gasteiger partial charge in [0.2, 0.25) is 11.8 Å². The first-order valence-corrected chi connectivity index (χ1v) is 12.9. The lowest BCUT2D eigenvalue weighted by atomic mass is 10.1. The zero-order valence-electron chi connectivity index (χ0n) is 21.7. The van der Waals surface area contributed by atoms with Crippen molar-refractivity contribution in [3.8, 4) is 0 Å². The molecule has 1 atom stereocenters. The molecule has 2 aliphatic heterocycles. The van der Waals surface area contributed by atoms with Gasteiger partial charge in [-0.05, 0) is 39.7 Å². The van der Waals surface area contributed by atoms with E-state index in [1.807, 2.05) is 67.8 Å². The molecule has 0 spiro atoms. The van der Waals surface area contributed by atoms with Crippen LogP contribution in [0.25, 0.3) is 0 Å². The van der Waals surface area contributed by atoms with E-state index in [0.29, 0.717) is 45.1 Å². The first kappa shape index (κ1) is 25.7. The molecule has 194 valence electrons. The number of rotatable bonds is 7. The molecule has 0 bridgehead atoms. The predicted octanol–water partition coefficient (Wildman–Crippen LogP) is 1.91. The normalized spacial score (nSPS) is 18.6. The van der Waals surface area contributed by atoms with Crippen LogP contribution in [0.15, 0.2) is 46.0 Å². The summed E-state index contributed by atoms with van der Waals surface area (Å²) in [7, 11) is 0. The largest absolute Gasteiger partial charge is 0.354 e. The van der Waals surface area contributed by atoms with Crippen LogP contribution in [-0.4, -0.2) is 70.0 Å². The van der Waals surface area contributed by atoms with Gasteiger partial charge in [-0.3, -0.25) is 23.5 Å². The van der Waals surface area contributed by atoms with Crippen molar-refractivity contribution in [2.45, 2.75) is 52.6 Å². The summed E-state index contributed by atoms with van der Waals surface area (Å²) < 4.78 is 2.95. The van der Waals surface area contributed by atoms with Crippen molar-refractivity contribution in [2.24, 2.45) is 5.92 Å². The summed E-state index contributed by atoms with van der Waals surface area (Å²) in [5, 5.41) is 0. The lowest BCUT2D eigenvalue weighted by Crippen LogP contribution is -2.53. The molecular weight excluding hydrogens is 458 g/mol. The van der Waals surface area contributed by atoms with Crippen molar-refractivity contribution in [1.82, 2.24) is 18.9 Å². The summed E-state index contributed by atoms with van der Waals surface area (Å²) in [6.07, 6.45) is 1.04. The lowest BCUT2D eigenvalue weighted by Gasteiger charge is -2.38. The smallest absolute Gasteiger partial charge is 0.333 e. The van der Waals surface area contributed by atoms with E-state index in [1.165, 1.54) is 10.1 Å². The Morgan fingerprint density at radius 2 is 1.56 bits per heavy atom. The van der Waals surface area contributed by atoms with Crippen LogP contribution in [0.2, 0.25) is 0 Å². The molecule has 1 aromatic carbocycles. The van der Waals surface area contributed by atoms with Crippen LogP contribution in [0.5, 0.6) is 0 Å². The van der Waals surface area contributed by atoms with Gasteiger partial charge >= 0.3 is 5.69 Å². The van der Waals surface area contributed by atoms with Gasteiger partial charge in [0.25, 0.3) is 5.56 Å². The van der Waals surface area contributed by atoms with Gasteiger partial charge in [0.15, 0.2) is 0 Å². The first-order chi connectivity index (χ1) is 17.2. The molecule has 2 saturated heterocycles. The highest BCUT2D eigenvalue weighted by atomic mass is 16.2. The molecule has 36 heavy (non-hydrogen) atoms. The fourth-order valence-corrected chi connectivity index (χ4v) is 5.24. The Kier molecular flexibility index (Phi) is 7.66. The molecular formula is C27H37N5O4. The van der Waals surface area contributed by atoms with Crippen molar-refractivity contribution < 1.29 is 9.59 Å². The van der Waals surface area contributed by atoms with Crippen LogP contribution in [0.3, 0.4) is 0 Å². The minimum absolute atomic E-state index is 0.0155. The Labute approximate surface area is 211 Å². The van der Waals surface area contributed by atoms with Gasteiger partial charge in [-0.15, -0.1) is 0 Å². The Hall–Kier alpha value is -3.36. The number of amides is 2. The molecule has 2 aliphatic rings. The van der Waals surface area contributed by atoms with E-state index in [-0.39, 0.29) is 47.5 Å². The average Bonchev–Trinajstić information content (AvgIpc) is 3.22. The monoisotopic (exact) mass is 495 g/mol. The molecule has 1 unspecified atom stereocenters. The number of benzene rings is 1. The predicted molar refractivity (Wildman–Crippen MR) is 139 cm³/mol. The quantitative estimate of drug-likeness (QED) is 0.586. The standard InChI is InChI=1S/C27H37N5O4/c1-19(2)31-23(17-25(34)32(20(3)4)27(31)36)28-12-14-29(15-13-28)26(35)22-16-24(33)30(18-22)11-10-21-8-6-5-7-9-21/h5-9,17,19-20,22H,10-16,18H2,1-4H3. The highest BCUT2D eigenvalue weighted by Crippen LogP contribution is 2.23. The highest BCUT2D eigenvalue weighted by Gasteiger charge is 2.37. The minimum Gasteiger partial charge on any atom is -0.354 e. The molecule has 2 aromatic rings. The Morgan fingerprint density at radius 1 is 0.917 bits per heavy atom. The lowest BCUT2D eigenvalue weighted by molar-refractivity contribution is -0.136. The van der Waals surface area contributed by atoms with Crippen LogP contribution in [0, 0.1) is 5.92 Å². The van der Waals surface area contributed by atoms with E-state index in [9.17, 15) is 19.2 Å². The van der Waals surface area contributed by atoms with Crippen LogP contribution in [0.4, 0.5) is 5.82 Å². The van der Waals surface area contributed by atoms with E-state index >= 15 is 0 Å². The summed E-state index contributed by atoms with van der Waals surface area (Å²) in [5.74, 6) is 0.340. The van der Waals surface area contributed by atoms with Crippen molar-refractivity contribution in [3.63, 3.8) is 0 Å². The van der Waals surface area contributed by atoms with E-state index in [0.717, 1.165) is 6.42 Å². The summed E-state index contributed by atoms with van der Waals surface area (Å²) >= 11 is 0. The summed E-state index contributed by atoms with van der Waals surface area (Å²) in [5.41, 5.74) is 0.568. The Bertz CT molecular complexity index is 1210. The van der Waals surface area contributed by atoms with Crippen LogP contribution < -0.4 is 16.1 Å². The third-order valence-corrected chi connectivity index (χ3v) is 7.17. The van der Waals surface area contributed by atoms with Crippen LogP contribution in [-0.2, 0) is 16.0 Å². The van der Waals surface area contributed by atoms with Gasteiger partial charge < -0.3 is 14.7 Å². The van der Waals surface area contributed by atoms with Gasteiger partial charge in [-0.2, -0.15) is 0 Å². The number of carbonyl (C=O) groups excluding carboxylic acids is 2. The molecule has 2 amide bonds. The second-order valence-electron chi connectivity index (χ2n) is 10.3. The van der Waals surface area contributed by atoms with Gasteiger partial charge in [0.1, 0.15) is 5.82 Å². The SMILES string of the molecule is CC(C)n1c(N2CCN(C(=O)C3CC(=O)N(CCc4ccccc4)C3)CC2)cc(=O)n(C(C)C)c1=O. The zero-order chi connectivity index (χ0) is 26.0. The fraction of sp³-hybridized carbons (Fsp3) is 0.556. The number of likely N-dealkylation sites (tertiary alicyclic amines) is 1. The number of hydrogen-bond acceptors (Lipinski definition) is 5. The number of nitrogens with zero attached hydrogens (tertiary/aromatic N) is 5. The topological polar surface area (TPSA) is 87.9 Å². The minimum atomic E-state index is -0.316. The molecule has 4 rings (SSSR count). The molecule has 0 radical (unpaired) electrons. The maximum atomic E-state index is 13.2. The number of piperazine rings is 1. The third-order valence-electron chi connectivity index (χ3n) is 7.17. The molecule has 1 aromatic heterocycles. The van der Waals surface area contributed by atoms with E-state index < -0.39 is 0 Å². The molecule has 0 saturated carbocycles. The number of carbonyl (C=O) groups is 2. The molecule has 0 aliphatic carbocycles. The zero-order valence-corrected chi connectivity index (χ0v) is 21.7. The molecule has 0 N–H and O–H groups in total. The molecule has 9 nitrogen and oxygen atoms in total. The van der Waals surface area contributed by atoms with Gasteiger partial charge in [0, 0.05) is 63.8 Å². The molecule has 3 heterocycles. The highest BCUT2D eigenvalue weighted by molar-refractivity contribution is 5.89. The maximum absolute atomic E-state index is 13.2. The van der Waals surface area contributed by atoms with Gasteiger partial charge in [0.05, 0.1) is 5.92 Å². The van der Waals surface area contributed by atoms with Gasteiger partial charge in [-0.1, -0.05) is 30.3 Å². The molecule has 2 fully saturated rings. The summed E-state index contributed by atoms with van der Waals surface area (Å²) in [6.45, 7) is 10.6. The van der Waals surface area contributed by atoms with E-state index in [1.54, 1.807) is 15.5 Å². The van der Waals surface area contributed by atoms with Crippen molar-refractivity contribution >= 4 is 17.6 Å². The maximum Gasteiger partial charge on any atom is 0.333 e. The average molecular weight is 496 g/mol. The van der Waals surface area contributed by atoms with Crippen molar-refractivity contribution in [1.29, 1.82) is 0 Å². The van der Waals surface area contributed by atoms with Gasteiger partial charge in [-0.25, -0.2) is 4.79 Å². The number of aromatic nitrogens is 2. The second-order valence-corrected chi connectivity index (χ2v) is 10.3. The van der Waals surface area contributed by atoms with Crippen molar-refractivity contribution in [2.75, 3.05) is 44.2 Å². The third kappa shape index (κ3) is 5.24. The van der Waals surface area contributed by atoms with E-state index in [4.69, 9.17) is 0 Å². The first-order valence-electron chi connectivity index (χ1n) is 12.9. The summed E-state index contributed by atoms with van der Waals surface area (Å²) in [4.78, 5) is 57.2. The van der Waals surface area contributed by atoms with Crippen LogP contribution in [0.1, 0.15) is 51.8 Å². The molecule has 9 heteroatoms. The Morgan fingerprint density at radius 3 is 2.17 bits per heavy atom. The number of hydrogen-bond donors (Lipinski definition) is 0. The number of anilines is 1. The second kappa shape index (κ2) is 10.7.